The number of ether oxygens (including phenoxy) is 1. The average Bonchev–Trinajstić information content (AvgIpc) is 2.27. The Labute approximate surface area is 116 Å². The van der Waals surface area contributed by atoms with Gasteiger partial charge in [0, 0.05) is 13.1 Å². The van der Waals surface area contributed by atoms with Gasteiger partial charge >= 0.3 is 6.03 Å². The molecule has 0 bridgehead atoms. The van der Waals surface area contributed by atoms with Gasteiger partial charge in [-0.3, -0.25) is 0 Å². The maximum Gasteiger partial charge on any atom is 0.317 e. The summed E-state index contributed by atoms with van der Waals surface area (Å²) in [5, 5.41) is 12.4. The third-order valence-corrected chi connectivity index (χ3v) is 3.43. The number of rotatable bonds is 4. The first-order valence-corrected chi connectivity index (χ1v) is 7.05. The van der Waals surface area contributed by atoms with Crippen molar-refractivity contribution in [3.05, 3.63) is 0 Å². The minimum Gasteiger partial charge on any atom is -0.393 e. The van der Waals surface area contributed by atoms with Gasteiger partial charge in [0.1, 0.15) is 0 Å². The zero-order valence-corrected chi connectivity index (χ0v) is 12.8. The minimum atomic E-state index is -0.353. The van der Waals surface area contributed by atoms with Gasteiger partial charge in [0.05, 0.1) is 24.9 Å². The lowest BCUT2D eigenvalue weighted by molar-refractivity contribution is -0.0321. The van der Waals surface area contributed by atoms with Crippen molar-refractivity contribution in [1.29, 1.82) is 0 Å². The largest absolute Gasteiger partial charge is 0.393 e. The maximum absolute atomic E-state index is 12.2. The molecule has 1 rings (SSSR count). The molecule has 0 aromatic carbocycles. The lowest BCUT2D eigenvalue weighted by Crippen LogP contribution is -2.54. The highest BCUT2D eigenvalue weighted by atomic mass is 16.5. The molecular weight excluding hydrogens is 244 g/mol. The monoisotopic (exact) mass is 272 g/mol. The second-order valence-corrected chi connectivity index (χ2v) is 6.52. The summed E-state index contributed by atoms with van der Waals surface area (Å²) in [4.78, 5) is 14.0. The van der Waals surface area contributed by atoms with E-state index in [1.54, 1.807) is 6.92 Å². The molecule has 1 aliphatic heterocycles. The summed E-state index contributed by atoms with van der Waals surface area (Å²) in [7, 11) is 0. The number of morpholine rings is 1. The Balaban J connectivity index is 2.46. The molecule has 1 fully saturated rings. The van der Waals surface area contributed by atoms with E-state index in [1.807, 2.05) is 32.6 Å². The minimum absolute atomic E-state index is 0.0404. The summed E-state index contributed by atoms with van der Waals surface area (Å²) in [5.41, 5.74) is -0.106. The predicted octanol–water partition coefficient (Wildman–Crippen LogP) is 1.60. The average molecular weight is 272 g/mol. The highest BCUT2D eigenvalue weighted by Crippen LogP contribution is 2.21. The van der Waals surface area contributed by atoms with E-state index < -0.39 is 0 Å². The molecule has 2 amide bonds. The van der Waals surface area contributed by atoms with Crippen LogP contribution in [0.25, 0.3) is 0 Å². The fraction of sp³-hybridized carbons (Fsp3) is 0.929. The van der Waals surface area contributed by atoms with Crippen LogP contribution in [0.3, 0.4) is 0 Å². The smallest absolute Gasteiger partial charge is 0.317 e. The van der Waals surface area contributed by atoms with Crippen LogP contribution >= 0.6 is 0 Å². The second kappa shape index (κ2) is 6.57. The molecule has 5 heteroatoms. The van der Waals surface area contributed by atoms with Crippen molar-refractivity contribution in [2.24, 2.45) is 5.41 Å². The molecule has 0 saturated carbocycles. The van der Waals surface area contributed by atoms with Gasteiger partial charge in [-0.05, 0) is 32.6 Å². The van der Waals surface area contributed by atoms with E-state index in [0.717, 1.165) is 0 Å². The molecule has 0 spiro atoms. The lowest BCUT2D eigenvalue weighted by atomic mass is 9.87. The number of urea groups is 1. The van der Waals surface area contributed by atoms with Crippen molar-refractivity contribution in [3.63, 3.8) is 0 Å². The van der Waals surface area contributed by atoms with Gasteiger partial charge in [-0.25, -0.2) is 4.79 Å². The fourth-order valence-electron chi connectivity index (χ4n) is 2.47. The molecule has 19 heavy (non-hydrogen) atoms. The van der Waals surface area contributed by atoms with Crippen LogP contribution in [0, 0.1) is 5.41 Å². The molecular formula is C14H28N2O3. The van der Waals surface area contributed by atoms with Crippen molar-refractivity contribution in [1.82, 2.24) is 10.2 Å². The van der Waals surface area contributed by atoms with E-state index in [9.17, 15) is 9.90 Å². The van der Waals surface area contributed by atoms with Crippen LogP contribution in [0.1, 0.15) is 41.0 Å². The number of amides is 2. The van der Waals surface area contributed by atoms with Gasteiger partial charge in [-0.15, -0.1) is 0 Å². The Morgan fingerprint density at radius 1 is 1.53 bits per heavy atom. The number of nitrogens with zero attached hydrogens (tertiary/aromatic N) is 1. The van der Waals surface area contributed by atoms with Crippen LogP contribution in [-0.2, 0) is 4.74 Å². The lowest BCUT2D eigenvalue weighted by Gasteiger charge is -2.37. The fourth-order valence-corrected chi connectivity index (χ4v) is 2.47. The highest BCUT2D eigenvalue weighted by Gasteiger charge is 2.29. The summed E-state index contributed by atoms with van der Waals surface area (Å²) in [6.07, 6.45) is 0.407. The van der Waals surface area contributed by atoms with Crippen molar-refractivity contribution >= 4 is 6.03 Å². The second-order valence-electron chi connectivity index (χ2n) is 6.52. The van der Waals surface area contributed by atoms with Gasteiger partial charge in [0.2, 0.25) is 0 Å². The molecule has 0 aliphatic carbocycles. The van der Waals surface area contributed by atoms with Gasteiger partial charge in [-0.2, -0.15) is 0 Å². The van der Waals surface area contributed by atoms with E-state index in [2.05, 4.69) is 5.32 Å². The van der Waals surface area contributed by atoms with Crippen molar-refractivity contribution in [2.75, 3.05) is 19.7 Å². The summed E-state index contributed by atoms with van der Waals surface area (Å²) in [5.74, 6) is 0. The van der Waals surface area contributed by atoms with Crippen molar-refractivity contribution < 1.29 is 14.6 Å². The number of hydrogen-bond donors (Lipinski definition) is 2. The highest BCUT2D eigenvalue weighted by molar-refractivity contribution is 5.74. The number of carbonyl (C=O) groups excluding carboxylic acids is 1. The third kappa shape index (κ3) is 5.37. The van der Waals surface area contributed by atoms with E-state index in [0.29, 0.717) is 26.1 Å². The van der Waals surface area contributed by atoms with Crippen molar-refractivity contribution in [2.45, 2.75) is 59.3 Å². The molecule has 0 aromatic heterocycles. The summed E-state index contributed by atoms with van der Waals surface area (Å²) >= 11 is 0. The molecule has 1 aliphatic rings. The van der Waals surface area contributed by atoms with Crippen molar-refractivity contribution in [3.8, 4) is 0 Å². The van der Waals surface area contributed by atoms with Gasteiger partial charge in [0.15, 0.2) is 0 Å². The quantitative estimate of drug-likeness (QED) is 0.817. The van der Waals surface area contributed by atoms with Gasteiger partial charge < -0.3 is 20.1 Å². The molecule has 0 aromatic rings. The number of nitrogens with one attached hydrogen (secondary N) is 1. The van der Waals surface area contributed by atoms with Gasteiger partial charge in [-0.1, -0.05) is 13.8 Å². The summed E-state index contributed by atoms with van der Waals surface area (Å²) in [6.45, 7) is 11.6. The predicted molar refractivity (Wildman–Crippen MR) is 75.1 cm³/mol. The first kappa shape index (κ1) is 16.2. The zero-order chi connectivity index (χ0) is 14.6. The number of hydrogen-bond acceptors (Lipinski definition) is 3. The molecule has 2 N–H and O–H groups in total. The first-order valence-electron chi connectivity index (χ1n) is 7.05. The molecule has 5 nitrogen and oxygen atoms in total. The topological polar surface area (TPSA) is 61.8 Å². The van der Waals surface area contributed by atoms with Crippen LogP contribution in [0.15, 0.2) is 0 Å². The summed E-state index contributed by atoms with van der Waals surface area (Å²) in [6, 6.07) is 0.0670. The van der Waals surface area contributed by atoms with Crippen LogP contribution in [0.4, 0.5) is 4.79 Å². The number of aliphatic hydroxyl groups excluding tert-OH is 1. The Morgan fingerprint density at radius 3 is 2.74 bits per heavy atom. The standard InChI is InChI=1S/C14H28N2O3/c1-10-8-19-12(3)7-16(10)13(18)15-9-14(4,5)6-11(2)17/h10-12,17H,6-9H2,1-5H3,(H,15,18). The van der Waals surface area contributed by atoms with Crippen LogP contribution in [0.5, 0.6) is 0 Å². The van der Waals surface area contributed by atoms with Crippen LogP contribution in [-0.4, -0.2) is 54.0 Å². The molecule has 3 unspecified atom stereocenters. The van der Waals surface area contributed by atoms with E-state index >= 15 is 0 Å². The molecule has 0 radical (unpaired) electrons. The molecule has 112 valence electrons. The molecule has 3 atom stereocenters. The Bertz CT molecular complexity index is 305. The van der Waals surface area contributed by atoms with E-state index in [1.165, 1.54) is 0 Å². The zero-order valence-electron chi connectivity index (χ0n) is 12.8. The van der Waals surface area contributed by atoms with Crippen LogP contribution in [0.2, 0.25) is 0 Å². The summed E-state index contributed by atoms with van der Waals surface area (Å²) < 4.78 is 5.51. The van der Waals surface area contributed by atoms with Crippen LogP contribution < -0.4 is 5.32 Å². The van der Waals surface area contributed by atoms with E-state index in [-0.39, 0.29) is 29.7 Å². The van der Waals surface area contributed by atoms with E-state index in [4.69, 9.17) is 4.74 Å². The number of aliphatic hydroxyl groups is 1. The Kier molecular flexibility index (Phi) is 5.62. The normalized spacial score (nSPS) is 26.1. The van der Waals surface area contributed by atoms with Gasteiger partial charge in [0.25, 0.3) is 0 Å². The maximum atomic E-state index is 12.2. The SMILES string of the molecule is CC(O)CC(C)(C)CNC(=O)N1CC(C)OCC1C. The third-order valence-electron chi connectivity index (χ3n) is 3.43. The molecule has 1 heterocycles. The number of carbonyl (C=O) groups is 1. The Hall–Kier alpha value is -0.810. The Morgan fingerprint density at radius 2 is 2.16 bits per heavy atom. The molecule has 1 saturated heterocycles. The first-order chi connectivity index (χ1) is 8.71.